The molecule has 1 aliphatic rings. The van der Waals surface area contributed by atoms with E-state index in [0.29, 0.717) is 42.4 Å². The molecule has 29 heavy (non-hydrogen) atoms. The van der Waals surface area contributed by atoms with Crippen molar-refractivity contribution in [2.75, 3.05) is 18.4 Å². The number of rotatable bonds is 5. The van der Waals surface area contributed by atoms with Gasteiger partial charge in [-0.2, -0.15) is 4.98 Å². The molecule has 2 heterocycles. The maximum Gasteiger partial charge on any atom is 0.241 e. The van der Waals surface area contributed by atoms with Crippen molar-refractivity contribution in [3.8, 4) is 11.4 Å². The lowest BCUT2D eigenvalue weighted by molar-refractivity contribution is -0.121. The molecule has 150 valence electrons. The summed E-state index contributed by atoms with van der Waals surface area (Å²) < 4.78 is 31.6. The molecule has 1 saturated heterocycles. The topological polar surface area (TPSA) is 71.3 Å². The third-order valence-corrected chi connectivity index (χ3v) is 4.98. The Morgan fingerprint density at radius 2 is 1.86 bits per heavy atom. The molecule has 2 aromatic carbocycles. The smallest absolute Gasteiger partial charge is 0.241 e. The largest absolute Gasteiger partial charge is 0.338 e. The Kier molecular flexibility index (Phi) is 5.62. The van der Waals surface area contributed by atoms with E-state index in [1.165, 1.54) is 24.3 Å². The van der Waals surface area contributed by atoms with Crippen LogP contribution in [0.5, 0.6) is 0 Å². The number of amides is 1. The molecule has 1 aliphatic heterocycles. The summed E-state index contributed by atoms with van der Waals surface area (Å²) in [5.41, 5.74) is 1.16. The SMILES string of the molecule is O=C(Nc1cccc(F)c1)C1CCN(Cc2nc(-c3ccc(F)cc3)no2)CC1. The Morgan fingerprint density at radius 1 is 1.10 bits per heavy atom. The Hall–Kier alpha value is -3.13. The van der Waals surface area contributed by atoms with E-state index in [2.05, 4.69) is 20.4 Å². The van der Waals surface area contributed by atoms with Crippen molar-refractivity contribution in [2.24, 2.45) is 5.92 Å². The molecule has 0 atom stereocenters. The van der Waals surface area contributed by atoms with Crippen LogP contribution >= 0.6 is 0 Å². The van der Waals surface area contributed by atoms with Crippen molar-refractivity contribution in [1.82, 2.24) is 15.0 Å². The summed E-state index contributed by atoms with van der Waals surface area (Å²) in [6.45, 7) is 1.93. The van der Waals surface area contributed by atoms with Gasteiger partial charge in [0.25, 0.3) is 0 Å². The highest BCUT2D eigenvalue weighted by molar-refractivity contribution is 5.92. The number of anilines is 1. The van der Waals surface area contributed by atoms with Crippen molar-refractivity contribution >= 4 is 11.6 Å². The first-order chi connectivity index (χ1) is 14.1. The molecule has 8 heteroatoms. The standard InChI is InChI=1S/C21H20F2N4O2/c22-16-6-4-14(5-7-16)20-25-19(29-26-20)13-27-10-8-15(9-11-27)21(28)24-18-3-1-2-17(23)12-18/h1-7,12,15H,8-11,13H2,(H,24,28). The molecule has 4 rings (SSSR count). The van der Waals surface area contributed by atoms with Gasteiger partial charge in [0.15, 0.2) is 0 Å². The van der Waals surface area contributed by atoms with Gasteiger partial charge in [0.1, 0.15) is 11.6 Å². The Balaban J connectivity index is 1.29. The molecule has 0 aliphatic carbocycles. The molecule has 0 spiro atoms. The number of carbonyl (C=O) groups is 1. The summed E-state index contributed by atoms with van der Waals surface area (Å²) in [4.78, 5) is 18.9. The van der Waals surface area contributed by atoms with Crippen LogP contribution in [0.2, 0.25) is 0 Å². The number of nitrogens with zero attached hydrogens (tertiary/aromatic N) is 3. The van der Waals surface area contributed by atoms with Crippen molar-refractivity contribution in [3.63, 3.8) is 0 Å². The fourth-order valence-corrected chi connectivity index (χ4v) is 3.39. The maximum absolute atomic E-state index is 13.3. The average Bonchev–Trinajstić information content (AvgIpc) is 3.17. The molecule has 0 saturated carbocycles. The zero-order chi connectivity index (χ0) is 20.2. The van der Waals surface area contributed by atoms with E-state index >= 15 is 0 Å². The number of aromatic nitrogens is 2. The minimum atomic E-state index is -0.378. The highest BCUT2D eigenvalue weighted by Gasteiger charge is 2.26. The molecular formula is C21H20F2N4O2. The molecule has 0 radical (unpaired) electrons. The van der Waals surface area contributed by atoms with E-state index in [1.807, 2.05) is 0 Å². The van der Waals surface area contributed by atoms with Crippen molar-refractivity contribution in [1.29, 1.82) is 0 Å². The van der Waals surface area contributed by atoms with E-state index in [4.69, 9.17) is 4.52 Å². The van der Waals surface area contributed by atoms with Gasteiger partial charge in [0, 0.05) is 17.2 Å². The number of hydrogen-bond donors (Lipinski definition) is 1. The lowest BCUT2D eigenvalue weighted by Crippen LogP contribution is -2.37. The molecule has 1 aromatic heterocycles. The average molecular weight is 398 g/mol. The lowest BCUT2D eigenvalue weighted by Gasteiger charge is -2.30. The first kappa shape index (κ1) is 19.2. The Bertz CT molecular complexity index is 982. The zero-order valence-electron chi connectivity index (χ0n) is 15.6. The van der Waals surface area contributed by atoms with Gasteiger partial charge in [-0.25, -0.2) is 8.78 Å². The molecule has 1 fully saturated rings. The highest BCUT2D eigenvalue weighted by Crippen LogP contribution is 2.22. The zero-order valence-corrected chi connectivity index (χ0v) is 15.6. The van der Waals surface area contributed by atoms with Crippen LogP contribution < -0.4 is 5.32 Å². The minimum absolute atomic E-state index is 0.0911. The van der Waals surface area contributed by atoms with E-state index in [-0.39, 0.29) is 23.5 Å². The summed E-state index contributed by atoms with van der Waals surface area (Å²) in [5, 5.41) is 6.73. The van der Waals surface area contributed by atoms with Crippen LogP contribution in [0.1, 0.15) is 18.7 Å². The van der Waals surface area contributed by atoms with Crippen LogP contribution in [0.15, 0.2) is 53.1 Å². The summed E-state index contributed by atoms with van der Waals surface area (Å²) in [7, 11) is 0. The molecule has 6 nitrogen and oxygen atoms in total. The fraction of sp³-hybridized carbons (Fsp3) is 0.286. The van der Waals surface area contributed by atoms with Crippen LogP contribution in [-0.4, -0.2) is 34.0 Å². The highest BCUT2D eigenvalue weighted by atomic mass is 19.1. The van der Waals surface area contributed by atoms with Crippen LogP contribution in [0, 0.1) is 17.6 Å². The van der Waals surface area contributed by atoms with Gasteiger partial charge in [0.2, 0.25) is 17.6 Å². The van der Waals surface area contributed by atoms with Gasteiger partial charge in [-0.3, -0.25) is 9.69 Å². The fourth-order valence-electron chi connectivity index (χ4n) is 3.39. The van der Waals surface area contributed by atoms with Crippen molar-refractivity contribution < 1.29 is 18.1 Å². The number of nitrogens with one attached hydrogen (secondary N) is 1. The second-order valence-corrected chi connectivity index (χ2v) is 7.07. The van der Waals surface area contributed by atoms with Gasteiger partial charge in [-0.1, -0.05) is 11.2 Å². The number of likely N-dealkylation sites (tertiary alicyclic amines) is 1. The van der Waals surface area contributed by atoms with Gasteiger partial charge >= 0.3 is 0 Å². The van der Waals surface area contributed by atoms with E-state index in [9.17, 15) is 13.6 Å². The minimum Gasteiger partial charge on any atom is -0.338 e. The van der Waals surface area contributed by atoms with Crippen molar-refractivity contribution in [3.05, 3.63) is 66.1 Å². The molecular weight excluding hydrogens is 378 g/mol. The van der Waals surface area contributed by atoms with Gasteiger partial charge < -0.3 is 9.84 Å². The van der Waals surface area contributed by atoms with E-state index in [1.54, 1.807) is 24.3 Å². The molecule has 0 bridgehead atoms. The number of carbonyl (C=O) groups excluding carboxylic acids is 1. The van der Waals surface area contributed by atoms with Crippen LogP contribution in [0.25, 0.3) is 11.4 Å². The number of hydrogen-bond acceptors (Lipinski definition) is 5. The predicted molar refractivity (Wildman–Crippen MR) is 103 cm³/mol. The van der Waals surface area contributed by atoms with Crippen LogP contribution in [-0.2, 0) is 11.3 Å². The number of piperidine rings is 1. The number of halogens is 2. The van der Waals surface area contributed by atoms with Gasteiger partial charge in [-0.05, 0) is 68.4 Å². The lowest BCUT2D eigenvalue weighted by atomic mass is 9.96. The van der Waals surface area contributed by atoms with Gasteiger partial charge in [0.05, 0.1) is 6.54 Å². The Morgan fingerprint density at radius 3 is 2.59 bits per heavy atom. The monoisotopic (exact) mass is 398 g/mol. The number of benzene rings is 2. The van der Waals surface area contributed by atoms with E-state index < -0.39 is 0 Å². The van der Waals surface area contributed by atoms with Crippen molar-refractivity contribution in [2.45, 2.75) is 19.4 Å². The summed E-state index contributed by atoms with van der Waals surface area (Å²) >= 11 is 0. The molecule has 1 N–H and O–H groups in total. The van der Waals surface area contributed by atoms with E-state index in [0.717, 1.165) is 13.1 Å². The van der Waals surface area contributed by atoms with Crippen LogP contribution in [0.4, 0.5) is 14.5 Å². The van der Waals surface area contributed by atoms with Crippen LogP contribution in [0.3, 0.4) is 0 Å². The first-order valence-electron chi connectivity index (χ1n) is 9.44. The molecule has 0 unspecified atom stereocenters. The summed E-state index contributed by atoms with van der Waals surface area (Å²) in [6.07, 6.45) is 1.39. The second kappa shape index (κ2) is 8.48. The summed E-state index contributed by atoms with van der Waals surface area (Å²) in [6, 6.07) is 11.8. The quantitative estimate of drug-likeness (QED) is 0.707. The predicted octanol–water partition coefficient (Wildman–Crippen LogP) is 3.87. The third-order valence-electron chi connectivity index (χ3n) is 4.98. The molecule has 3 aromatic rings. The van der Waals surface area contributed by atoms with Gasteiger partial charge in [-0.15, -0.1) is 0 Å². The Labute approximate surface area is 166 Å². The third kappa shape index (κ3) is 4.83. The maximum atomic E-state index is 13.3. The summed E-state index contributed by atoms with van der Waals surface area (Å²) in [5.74, 6) is -0.00563. The normalized spacial score (nSPS) is 15.4. The second-order valence-electron chi connectivity index (χ2n) is 7.07. The molecule has 1 amide bonds. The first-order valence-corrected chi connectivity index (χ1v) is 9.44.